The third-order valence-electron chi connectivity index (χ3n) is 4.28. The second-order valence-electron chi connectivity index (χ2n) is 8.48. The van der Waals surface area contributed by atoms with Crippen LogP contribution in [0.2, 0.25) is 0 Å². The summed E-state index contributed by atoms with van der Waals surface area (Å²) in [7, 11) is 0. The van der Waals surface area contributed by atoms with E-state index in [0.29, 0.717) is 18.0 Å². The first-order chi connectivity index (χ1) is 9.57. The minimum atomic E-state index is 0.283. The van der Waals surface area contributed by atoms with Crippen molar-refractivity contribution in [3.8, 4) is 0 Å². The summed E-state index contributed by atoms with van der Waals surface area (Å²) in [6.07, 6.45) is 1.07. The highest BCUT2D eigenvalue weighted by molar-refractivity contribution is 8.14. The van der Waals surface area contributed by atoms with E-state index in [-0.39, 0.29) is 10.8 Å². The van der Waals surface area contributed by atoms with Gasteiger partial charge in [-0.25, -0.2) is 0 Å². The minimum Gasteiger partial charge on any atom is -0.278 e. The van der Waals surface area contributed by atoms with Crippen LogP contribution in [0.3, 0.4) is 0 Å². The van der Waals surface area contributed by atoms with E-state index < -0.39 is 0 Å². The molecule has 0 aromatic carbocycles. The van der Waals surface area contributed by atoms with Gasteiger partial charge in [-0.3, -0.25) is 9.98 Å². The Morgan fingerprint density at radius 1 is 0.952 bits per heavy atom. The van der Waals surface area contributed by atoms with Gasteiger partial charge in [-0.2, -0.15) is 0 Å². The molecule has 0 spiro atoms. The van der Waals surface area contributed by atoms with Gasteiger partial charge in [0.1, 0.15) is 0 Å². The Morgan fingerprint density at radius 2 is 1.48 bits per heavy atom. The van der Waals surface area contributed by atoms with Crippen LogP contribution in [0.25, 0.3) is 0 Å². The van der Waals surface area contributed by atoms with E-state index in [9.17, 15) is 0 Å². The molecule has 2 nitrogen and oxygen atoms in total. The molecular formula is C17H30N2S2. The van der Waals surface area contributed by atoms with Crippen molar-refractivity contribution in [3.63, 3.8) is 0 Å². The van der Waals surface area contributed by atoms with Crippen LogP contribution in [0.1, 0.15) is 54.9 Å². The highest BCUT2D eigenvalue weighted by atomic mass is 32.2. The van der Waals surface area contributed by atoms with E-state index >= 15 is 0 Å². The van der Waals surface area contributed by atoms with Crippen molar-refractivity contribution in [3.05, 3.63) is 0 Å². The van der Waals surface area contributed by atoms with Crippen molar-refractivity contribution in [2.45, 2.75) is 67.0 Å². The predicted octanol–water partition coefficient (Wildman–Crippen LogP) is 5.13. The molecule has 0 radical (unpaired) electrons. The monoisotopic (exact) mass is 326 g/mol. The molecule has 0 aromatic heterocycles. The molecule has 3 atom stereocenters. The number of hydrogen-bond acceptors (Lipinski definition) is 4. The standard InChI is InChI=1S/C17H30N2S2/c1-11(15-19-13(10-21-15)17(5,6)7)8-14-18-12(9-20-14)16(2,3)4/h11-13H,8-10H2,1-7H3/t11?,12-,13-/m0/s1. The van der Waals surface area contributed by atoms with Crippen molar-refractivity contribution >= 4 is 33.6 Å². The second kappa shape index (κ2) is 6.27. The fourth-order valence-electron chi connectivity index (χ4n) is 2.43. The van der Waals surface area contributed by atoms with E-state index in [2.05, 4.69) is 48.5 Å². The van der Waals surface area contributed by atoms with E-state index in [4.69, 9.17) is 9.98 Å². The Labute approximate surface area is 139 Å². The fourth-order valence-corrected chi connectivity index (χ4v) is 5.40. The summed E-state index contributed by atoms with van der Waals surface area (Å²) in [6.45, 7) is 16.1. The lowest BCUT2D eigenvalue weighted by atomic mass is 9.88. The minimum absolute atomic E-state index is 0.283. The smallest absolute Gasteiger partial charge is 0.0713 e. The summed E-state index contributed by atoms with van der Waals surface area (Å²) in [6, 6.07) is 0.950. The zero-order chi connectivity index (χ0) is 15.8. The molecule has 0 fully saturated rings. The van der Waals surface area contributed by atoms with Gasteiger partial charge in [-0.1, -0.05) is 48.5 Å². The summed E-state index contributed by atoms with van der Waals surface area (Å²) in [4.78, 5) is 9.94. The van der Waals surface area contributed by atoms with Crippen LogP contribution in [0.15, 0.2) is 9.98 Å². The van der Waals surface area contributed by atoms with E-state index in [1.54, 1.807) is 0 Å². The Kier molecular flexibility index (Phi) is 5.19. The second-order valence-corrected chi connectivity index (χ2v) is 10.6. The van der Waals surface area contributed by atoms with Crippen LogP contribution in [-0.2, 0) is 0 Å². The van der Waals surface area contributed by atoms with Crippen LogP contribution in [-0.4, -0.2) is 33.7 Å². The molecule has 0 N–H and O–H groups in total. The Morgan fingerprint density at radius 3 is 1.95 bits per heavy atom. The molecule has 0 aliphatic carbocycles. The summed E-state index contributed by atoms with van der Waals surface area (Å²) >= 11 is 3.92. The Balaban J connectivity index is 1.96. The third-order valence-corrected chi connectivity index (χ3v) is 6.66. The number of aliphatic imine (C=N–C) groups is 2. The summed E-state index contributed by atoms with van der Waals surface area (Å²) in [5.74, 6) is 2.82. The van der Waals surface area contributed by atoms with Crippen molar-refractivity contribution in [2.75, 3.05) is 11.5 Å². The molecule has 4 heteroatoms. The van der Waals surface area contributed by atoms with Gasteiger partial charge in [-0.15, -0.1) is 23.5 Å². The molecule has 21 heavy (non-hydrogen) atoms. The highest BCUT2D eigenvalue weighted by Gasteiger charge is 2.33. The topological polar surface area (TPSA) is 24.7 Å². The van der Waals surface area contributed by atoms with Gasteiger partial charge in [0, 0.05) is 23.8 Å². The number of nitrogens with zero attached hydrogens (tertiary/aromatic N) is 2. The molecule has 0 saturated carbocycles. The van der Waals surface area contributed by atoms with E-state index in [1.165, 1.54) is 10.1 Å². The molecule has 2 rings (SSSR count). The first-order valence-electron chi connectivity index (χ1n) is 7.97. The van der Waals surface area contributed by atoms with Gasteiger partial charge >= 0.3 is 0 Å². The van der Waals surface area contributed by atoms with E-state index in [0.717, 1.165) is 17.9 Å². The van der Waals surface area contributed by atoms with Crippen LogP contribution in [0.5, 0.6) is 0 Å². The Bertz CT molecular complexity index is 441. The number of rotatable bonds is 3. The predicted molar refractivity (Wildman–Crippen MR) is 100 cm³/mol. The van der Waals surface area contributed by atoms with Crippen molar-refractivity contribution in [1.82, 2.24) is 0 Å². The van der Waals surface area contributed by atoms with Crippen molar-refractivity contribution < 1.29 is 0 Å². The first-order valence-corrected chi connectivity index (χ1v) is 9.94. The average Bonchev–Trinajstić information content (AvgIpc) is 2.94. The quantitative estimate of drug-likeness (QED) is 0.718. The first kappa shape index (κ1) is 17.4. The van der Waals surface area contributed by atoms with Crippen LogP contribution in [0.4, 0.5) is 0 Å². The van der Waals surface area contributed by atoms with Gasteiger partial charge in [0.2, 0.25) is 0 Å². The maximum atomic E-state index is 4.98. The molecule has 1 unspecified atom stereocenters. The fraction of sp³-hybridized carbons (Fsp3) is 0.882. The number of hydrogen-bond donors (Lipinski definition) is 0. The molecule has 2 heterocycles. The normalized spacial score (nSPS) is 28.5. The summed E-state index contributed by atoms with van der Waals surface area (Å²) in [5.41, 5.74) is 0.570. The van der Waals surface area contributed by atoms with Gasteiger partial charge in [0.05, 0.1) is 22.2 Å². The maximum absolute atomic E-state index is 4.98. The van der Waals surface area contributed by atoms with Gasteiger partial charge in [-0.05, 0) is 10.8 Å². The van der Waals surface area contributed by atoms with Crippen LogP contribution < -0.4 is 0 Å². The highest BCUT2D eigenvalue weighted by Crippen LogP contribution is 2.37. The largest absolute Gasteiger partial charge is 0.278 e. The van der Waals surface area contributed by atoms with Gasteiger partial charge in [0.25, 0.3) is 0 Å². The molecule has 0 aromatic rings. The van der Waals surface area contributed by atoms with Gasteiger partial charge in [0.15, 0.2) is 0 Å². The lowest BCUT2D eigenvalue weighted by Crippen LogP contribution is -2.24. The molecule has 2 aliphatic heterocycles. The Hall–Kier alpha value is 0.0400. The number of thioether (sulfide) groups is 2. The zero-order valence-electron chi connectivity index (χ0n) is 14.6. The molecule has 0 bridgehead atoms. The van der Waals surface area contributed by atoms with Crippen LogP contribution >= 0.6 is 23.5 Å². The molecule has 2 aliphatic rings. The average molecular weight is 327 g/mol. The summed E-state index contributed by atoms with van der Waals surface area (Å²) in [5, 5.41) is 2.68. The molecule has 120 valence electrons. The van der Waals surface area contributed by atoms with Crippen molar-refractivity contribution in [1.29, 1.82) is 0 Å². The zero-order valence-corrected chi connectivity index (χ0v) is 16.2. The lowest BCUT2D eigenvalue weighted by molar-refractivity contribution is 0.348. The van der Waals surface area contributed by atoms with Crippen molar-refractivity contribution in [2.24, 2.45) is 26.7 Å². The lowest BCUT2D eigenvalue weighted by Gasteiger charge is -2.23. The van der Waals surface area contributed by atoms with Gasteiger partial charge < -0.3 is 0 Å². The molecule has 0 amide bonds. The molecular weight excluding hydrogens is 296 g/mol. The van der Waals surface area contributed by atoms with Crippen LogP contribution in [0, 0.1) is 16.7 Å². The SMILES string of the molecule is CC(CC1=N[C@H](C(C)(C)C)CS1)C1=N[C@H](C(C)(C)C)CS1. The third kappa shape index (κ3) is 4.51. The summed E-state index contributed by atoms with van der Waals surface area (Å²) < 4.78 is 0. The van der Waals surface area contributed by atoms with E-state index in [1.807, 2.05) is 23.5 Å². The molecule has 0 saturated heterocycles. The maximum Gasteiger partial charge on any atom is 0.0713 e.